The molecule has 2 atom stereocenters. The van der Waals surface area contributed by atoms with Gasteiger partial charge in [0, 0.05) is 22.0 Å². The van der Waals surface area contributed by atoms with Crippen LogP contribution in [0.5, 0.6) is 0 Å². The minimum atomic E-state index is -4.79. The van der Waals surface area contributed by atoms with Gasteiger partial charge < -0.3 is 10.8 Å². The number of H-pyrrole nitrogens is 3. The van der Waals surface area contributed by atoms with Gasteiger partial charge in [-0.2, -0.15) is 36.5 Å². The van der Waals surface area contributed by atoms with Crippen LogP contribution in [-0.2, 0) is 12.4 Å². The molecule has 0 saturated carbocycles. The minimum absolute atomic E-state index is 0.0266. The van der Waals surface area contributed by atoms with Crippen LogP contribution < -0.4 is 17.0 Å². The quantitative estimate of drug-likeness (QED) is 0.166. The van der Waals surface area contributed by atoms with E-state index in [4.69, 9.17) is 5.73 Å². The summed E-state index contributed by atoms with van der Waals surface area (Å²) in [4.78, 5) is 28.2. The third kappa shape index (κ3) is 5.06. The van der Waals surface area contributed by atoms with Gasteiger partial charge in [0.15, 0.2) is 0 Å². The van der Waals surface area contributed by atoms with E-state index in [1.165, 1.54) is 43.6 Å². The molecular formula is C29H21F6N7O3. The molecule has 0 saturated heterocycles. The summed E-state index contributed by atoms with van der Waals surface area (Å²) in [6.45, 7) is 1.28. The predicted octanol–water partition coefficient (Wildman–Crippen LogP) is 5.16. The second-order valence-electron chi connectivity index (χ2n) is 10.3. The third-order valence-electron chi connectivity index (χ3n) is 7.62. The maximum Gasteiger partial charge on any atom is 0.416 e. The minimum Gasteiger partial charge on any atom is -0.385 e. The van der Waals surface area contributed by atoms with Crippen molar-refractivity contribution in [1.82, 2.24) is 29.9 Å². The standard InChI is InChI=1S/C29H21F6N7O3/c1-12-23(18-7-14(29(33,34)35)9-22-20(18)11-38-41-22)26(44)39-27(45)42(12)25(36)24(43)16-5-3-2-4-15(16)17-6-13(28(30,31)32)8-21-19(17)10-37-40-21/h2-11,24-25,43H,36H2,1H3,(H,37,40)(H,38,41)(H,39,44,45). The average Bonchev–Trinajstić information content (AvgIpc) is 3.65. The molecule has 10 nitrogen and oxygen atoms in total. The molecular weight excluding hydrogens is 608 g/mol. The Morgan fingerprint density at radius 1 is 0.822 bits per heavy atom. The maximum atomic E-state index is 13.8. The van der Waals surface area contributed by atoms with Crippen LogP contribution in [-0.4, -0.2) is 35.1 Å². The van der Waals surface area contributed by atoms with Gasteiger partial charge in [-0.3, -0.25) is 24.5 Å². The second-order valence-corrected chi connectivity index (χ2v) is 10.3. The molecule has 2 unspecified atom stereocenters. The van der Waals surface area contributed by atoms with Crippen LogP contribution in [0.4, 0.5) is 26.3 Å². The van der Waals surface area contributed by atoms with Crippen molar-refractivity contribution in [2.45, 2.75) is 31.5 Å². The molecule has 0 bridgehead atoms. The van der Waals surface area contributed by atoms with Crippen LogP contribution in [0.25, 0.3) is 44.1 Å². The molecule has 3 aromatic heterocycles. The highest BCUT2D eigenvalue weighted by Gasteiger charge is 2.34. The molecule has 232 valence electrons. The van der Waals surface area contributed by atoms with E-state index in [-0.39, 0.29) is 49.9 Å². The lowest BCUT2D eigenvalue weighted by molar-refractivity contribution is -0.138. The Bertz CT molecular complexity index is 2210. The second kappa shape index (κ2) is 10.4. The molecule has 0 fully saturated rings. The number of aromatic nitrogens is 6. The summed E-state index contributed by atoms with van der Waals surface area (Å²) in [5, 5.41) is 24.5. The van der Waals surface area contributed by atoms with Crippen LogP contribution >= 0.6 is 0 Å². The van der Waals surface area contributed by atoms with E-state index < -0.39 is 47.0 Å². The van der Waals surface area contributed by atoms with E-state index in [2.05, 4.69) is 25.4 Å². The summed E-state index contributed by atoms with van der Waals surface area (Å²) in [6, 6.07) is 9.25. The largest absolute Gasteiger partial charge is 0.416 e. The summed E-state index contributed by atoms with van der Waals surface area (Å²) < 4.78 is 83.3. The van der Waals surface area contributed by atoms with Gasteiger partial charge in [0.1, 0.15) is 12.3 Å². The topological polar surface area (TPSA) is 158 Å². The Balaban J connectivity index is 1.52. The van der Waals surface area contributed by atoms with Crippen molar-refractivity contribution in [1.29, 1.82) is 0 Å². The Kier molecular flexibility index (Phi) is 6.93. The first-order valence-corrected chi connectivity index (χ1v) is 13.1. The number of alkyl halides is 6. The number of rotatable bonds is 5. The Morgan fingerprint density at radius 3 is 1.93 bits per heavy atom. The van der Waals surface area contributed by atoms with E-state index in [9.17, 15) is 41.0 Å². The monoisotopic (exact) mass is 629 g/mol. The summed E-state index contributed by atoms with van der Waals surface area (Å²) in [5.41, 5.74) is 1.83. The molecule has 6 rings (SSSR count). The zero-order valence-electron chi connectivity index (χ0n) is 22.9. The fourth-order valence-electron chi connectivity index (χ4n) is 5.52. The van der Waals surface area contributed by atoms with Crippen LogP contribution in [0.15, 0.2) is 70.5 Å². The van der Waals surface area contributed by atoms with Crippen molar-refractivity contribution in [3.63, 3.8) is 0 Å². The normalized spacial score (nSPS) is 13.9. The molecule has 45 heavy (non-hydrogen) atoms. The highest BCUT2D eigenvalue weighted by molar-refractivity contribution is 5.96. The lowest BCUT2D eigenvalue weighted by Crippen LogP contribution is -2.41. The van der Waals surface area contributed by atoms with Crippen molar-refractivity contribution >= 4 is 21.8 Å². The van der Waals surface area contributed by atoms with Crippen molar-refractivity contribution < 1.29 is 31.4 Å². The lowest BCUT2D eigenvalue weighted by atomic mass is 9.91. The first kappa shape index (κ1) is 29.8. The SMILES string of the molecule is Cc1c(-c2cc(C(F)(F)F)cc3[nH]ncc23)c(=O)[nH]c(=O)n1C(N)C(O)c1ccccc1-c1cc(C(F)(F)F)cc2[nH]ncc12. The van der Waals surface area contributed by atoms with Crippen LogP contribution in [0.3, 0.4) is 0 Å². The molecule has 0 aliphatic carbocycles. The van der Waals surface area contributed by atoms with Gasteiger partial charge in [-0.1, -0.05) is 24.3 Å². The molecule has 0 spiro atoms. The Hall–Kier alpha value is -5.22. The van der Waals surface area contributed by atoms with Crippen molar-refractivity contribution in [3.05, 3.63) is 104 Å². The molecule has 0 radical (unpaired) electrons. The van der Waals surface area contributed by atoms with Gasteiger partial charge in [0.05, 0.1) is 40.1 Å². The van der Waals surface area contributed by atoms with Crippen LogP contribution in [0.2, 0.25) is 0 Å². The molecule has 0 aliphatic heterocycles. The number of halogens is 6. The fraction of sp³-hybridized carbons (Fsp3) is 0.172. The number of nitrogens with two attached hydrogens (primary N) is 1. The summed E-state index contributed by atoms with van der Waals surface area (Å²) >= 11 is 0. The van der Waals surface area contributed by atoms with Crippen molar-refractivity contribution in [2.75, 3.05) is 0 Å². The number of aliphatic hydroxyl groups excluding tert-OH is 1. The van der Waals surface area contributed by atoms with Gasteiger partial charge in [0.25, 0.3) is 5.56 Å². The fourth-order valence-corrected chi connectivity index (χ4v) is 5.52. The van der Waals surface area contributed by atoms with Gasteiger partial charge >= 0.3 is 18.0 Å². The summed E-state index contributed by atoms with van der Waals surface area (Å²) in [7, 11) is 0. The zero-order valence-corrected chi connectivity index (χ0v) is 22.9. The number of nitrogens with zero attached hydrogens (tertiary/aromatic N) is 3. The first-order chi connectivity index (χ1) is 21.2. The Morgan fingerprint density at radius 2 is 1.36 bits per heavy atom. The summed E-state index contributed by atoms with van der Waals surface area (Å²) in [5.74, 6) is 0. The number of hydrogen-bond acceptors (Lipinski definition) is 6. The number of benzene rings is 3. The van der Waals surface area contributed by atoms with Crippen LogP contribution in [0.1, 0.15) is 34.7 Å². The van der Waals surface area contributed by atoms with Gasteiger partial charge in [0.2, 0.25) is 0 Å². The molecule has 0 aliphatic rings. The molecule has 6 aromatic rings. The number of aromatic amines is 3. The number of fused-ring (bicyclic) bond motifs is 2. The van der Waals surface area contributed by atoms with Crippen LogP contribution in [0, 0.1) is 6.92 Å². The van der Waals surface area contributed by atoms with Crippen molar-refractivity contribution in [3.8, 4) is 22.3 Å². The van der Waals surface area contributed by atoms with E-state index >= 15 is 0 Å². The zero-order chi connectivity index (χ0) is 32.4. The molecule has 3 aromatic carbocycles. The number of nitrogens with one attached hydrogen (secondary N) is 3. The molecule has 16 heteroatoms. The van der Waals surface area contributed by atoms with E-state index in [1.807, 2.05) is 0 Å². The smallest absolute Gasteiger partial charge is 0.385 e. The van der Waals surface area contributed by atoms with Gasteiger partial charge in [-0.15, -0.1) is 0 Å². The Labute approximate surface area is 247 Å². The van der Waals surface area contributed by atoms with Gasteiger partial charge in [-0.25, -0.2) is 4.79 Å². The lowest BCUT2D eigenvalue weighted by Gasteiger charge is -2.26. The molecule has 0 amide bonds. The van der Waals surface area contributed by atoms with Crippen molar-refractivity contribution in [2.24, 2.45) is 5.73 Å². The molecule has 3 heterocycles. The first-order valence-electron chi connectivity index (χ1n) is 13.1. The van der Waals surface area contributed by atoms with E-state index in [0.717, 1.165) is 28.8 Å². The number of hydrogen-bond donors (Lipinski definition) is 5. The third-order valence-corrected chi connectivity index (χ3v) is 7.62. The van der Waals surface area contributed by atoms with E-state index in [0.29, 0.717) is 5.39 Å². The highest BCUT2D eigenvalue weighted by Crippen LogP contribution is 2.41. The maximum absolute atomic E-state index is 13.8. The molecule has 6 N–H and O–H groups in total. The van der Waals surface area contributed by atoms with E-state index in [1.54, 1.807) is 0 Å². The predicted molar refractivity (Wildman–Crippen MR) is 151 cm³/mol. The summed E-state index contributed by atoms with van der Waals surface area (Å²) in [6.07, 6.45) is -10.4. The number of aliphatic hydroxyl groups is 1. The van der Waals surface area contributed by atoms with Gasteiger partial charge in [-0.05, 0) is 47.9 Å². The highest BCUT2D eigenvalue weighted by atomic mass is 19.4. The average molecular weight is 630 g/mol.